The van der Waals surface area contributed by atoms with E-state index in [0.717, 1.165) is 25.2 Å². The number of benzene rings is 1. The number of amides is 1. The van der Waals surface area contributed by atoms with E-state index in [9.17, 15) is 13.2 Å². The van der Waals surface area contributed by atoms with E-state index in [2.05, 4.69) is 27.1 Å². The van der Waals surface area contributed by atoms with Crippen LogP contribution in [0, 0.1) is 0 Å². The van der Waals surface area contributed by atoms with Crippen LogP contribution < -0.4 is 4.72 Å². The summed E-state index contributed by atoms with van der Waals surface area (Å²) in [6, 6.07) is 14.0. The minimum absolute atomic E-state index is 0.0300. The monoisotopic (exact) mass is 471 g/mol. The van der Waals surface area contributed by atoms with Gasteiger partial charge in [0.2, 0.25) is 15.9 Å². The summed E-state index contributed by atoms with van der Waals surface area (Å²) < 4.78 is 32.5. The second-order valence-corrected chi connectivity index (χ2v) is 10.3. The average Bonchev–Trinajstić information content (AvgIpc) is 3.51. The number of rotatable bonds is 8. The van der Waals surface area contributed by atoms with Crippen LogP contribution in [0.5, 0.6) is 0 Å². The Balaban J connectivity index is 1.27. The lowest BCUT2D eigenvalue weighted by Gasteiger charge is -2.33. The fraction of sp³-hybridized carbons (Fsp3) is 0.261. The van der Waals surface area contributed by atoms with Crippen LogP contribution in [0.25, 0.3) is 6.08 Å². The predicted octanol–water partition coefficient (Wildman–Crippen LogP) is 3.18. The maximum Gasteiger partial charge on any atom is 0.246 e. The molecule has 9 heteroatoms. The Kier molecular flexibility index (Phi) is 7.21. The molecule has 1 aliphatic rings. The molecule has 1 N–H and O–H groups in total. The number of carbonyl (C=O) groups is 1. The number of carbonyl (C=O) groups excluding carboxylic acids is 1. The fourth-order valence-corrected chi connectivity index (χ4v) is 5.18. The van der Waals surface area contributed by atoms with Gasteiger partial charge in [0, 0.05) is 43.7 Å². The van der Waals surface area contributed by atoms with E-state index in [1.165, 1.54) is 23.3 Å². The molecule has 4 rings (SSSR count). The van der Waals surface area contributed by atoms with Crippen molar-refractivity contribution in [2.45, 2.75) is 18.0 Å². The summed E-state index contributed by atoms with van der Waals surface area (Å²) in [6.07, 6.45) is 4.76. The fourth-order valence-electron chi connectivity index (χ4n) is 3.44. The molecule has 0 bridgehead atoms. The van der Waals surface area contributed by atoms with Gasteiger partial charge in [-0.1, -0.05) is 18.2 Å². The van der Waals surface area contributed by atoms with Crippen molar-refractivity contribution in [2.24, 2.45) is 0 Å². The quantitative estimate of drug-likeness (QED) is 0.510. The highest BCUT2D eigenvalue weighted by molar-refractivity contribution is 7.89. The van der Waals surface area contributed by atoms with E-state index >= 15 is 0 Å². The van der Waals surface area contributed by atoms with Gasteiger partial charge in [0.1, 0.15) is 5.76 Å². The third kappa shape index (κ3) is 5.95. The molecule has 32 heavy (non-hydrogen) atoms. The Morgan fingerprint density at radius 3 is 2.50 bits per heavy atom. The van der Waals surface area contributed by atoms with Crippen LogP contribution in [0.4, 0.5) is 0 Å². The molecule has 0 aliphatic carbocycles. The van der Waals surface area contributed by atoms with Crippen LogP contribution in [0.15, 0.2) is 75.6 Å². The number of thiophene rings is 1. The molecule has 1 fully saturated rings. The summed E-state index contributed by atoms with van der Waals surface area (Å²) in [7, 11) is -3.64. The second kappa shape index (κ2) is 10.3. The van der Waals surface area contributed by atoms with Crippen molar-refractivity contribution < 1.29 is 17.6 Å². The molecule has 7 nitrogen and oxygen atoms in total. The maximum absolute atomic E-state index is 12.5. The normalized spacial score (nSPS) is 15.4. The summed E-state index contributed by atoms with van der Waals surface area (Å²) in [5.41, 5.74) is 0.764. The van der Waals surface area contributed by atoms with Crippen LogP contribution in [0.2, 0.25) is 0 Å². The number of hydrogen-bond acceptors (Lipinski definition) is 6. The Bertz CT molecular complexity index is 1130. The highest BCUT2D eigenvalue weighted by Crippen LogP contribution is 2.15. The number of sulfonamides is 1. The Morgan fingerprint density at radius 1 is 1.06 bits per heavy atom. The van der Waals surface area contributed by atoms with Gasteiger partial charge in [-0.3, -0.25) is 9.69 Å². The molecule has 3 heterocycles. The lowest BCUT2D eigenvalue weighted by molar-refractivity contribution is -0.127. The van der Waals surface area contributed by atoms with Gasteiger partial charge in [0.15, 0.2) is 0 Å². The molecule has 0 saturated carbocycles. The zero-order chi connectivity index (χ0) is 22.4. The van der Waals surface area contributed by atoms with Crippen molar-refractivity contribution in [2.75, 3.05) is 26.2 Å². The zero-order valence-electron chi connectivity index (χ0n) is 17.5. The third-order valence-electron chi connectivity index (χ3n) is 5.27. The number of hydrogen-bond donors (Lipinski definition) is 1. The van der Waals surface area contributed by atoms with E-state index in [4.69, 9.17) is 4.42 Å². The van der Waals surface area contributed by atoms with Gasteiger partial charge in [0.25, 0.3) is 0 Å². The first kappa shape index (κ1) is 22.5. The summed E-state index contributed by atoms with van der Waals surface area (Å²) in [5.74, 6) is 0.511. The van der Waals surface area contributed by atoms with Crippen LogP contribution in [0.1, 0.15) is 16.2 Å². The Labute approximate surface area is 192 Å². The van der Waals surface area contributed by atoms with E-state index in [-0.39, 0.29) is 17.3 Å². The van der Waals surface area contributed by atoms with Crippen LogP contribution in [-0.4, -0.2) is 50.3 Å². The van der Waals surface area contributed by atoms with Gasteiger partial charge in [-0.15, -0.1) is 11.3 Å². The molecule has 0 unspecified atom stereocenters. The molecule has 1 aliphatic heterocycles. The van der Waals surface area contributed by atoms with Gasteiger partial charge >= 0.3 is 0 Å². The number of nitrogens with zero attached hydrogens (tertiary/aromatic N) is 2. The lowest BCUT2D eigenvalue weighted by atomic mass is 10.2. The standard InChI is InChI=1S/C23H25N3O4S2/c27-23(26-13-11-25(12-14-26)18-21-4-2-16-31-21)10-7-19-5-8-22(9-6-19)32(28,29)24-17-20-3-1-15-30-20/h1-10,15-16,24H,11-14,17-18H2/b10-7+. The SMILES string of the molecule is O=C(/C=C/c1ccc(S(=O)(=O)NCc2ccco2)cc1)N1CCN(Cc2cccs2)CC1. The van der Waals surface area contributed by atoms with E-state index in [0.29, 0.717) is 18.8 Å². The van der Waals surface area contributed by atoms with Gasteiger partial charge in [-0.05, 0) is 47.4 Å². The Hall–Kier alpha value is -2.72. The van der Waals surface area contributed by atoms with Crippen LogP contribution in [0.3, 0.4) is 0 Å². The summed E-state index contributed by atoms with van der Waals surface area (Å²) >= 11 is 1.75. The zero-order valence-corrected chi connectivity index (χ0v) is 19.1. The number of piperazine rings is 1. The van der Waals surface area contributed by atoms with Crippen molar-refractivity contribution in [1.82, 2.24) is 14.5 Å². The molecule has 1 amide bonds. The smallest absolute Gasteiger partial charge is 0.246 e. The van der Waals surface area contributed by atoms with Crippen molar-refractivity contribution in [3.05, 3.63) is 82.5 Å². The van der Waals surface area contributed by atoms with Crippen molar-refractivity contribution in [1.29, 1.82) is 0 Å². The van der Waals surface area contributed by atoms with Gasteiger partial charge in [0.05, 0.1) is 17.7 Å². The molecule has 3 aromatic rings. The molecule has 168 valence electrons. The number of furan rings is 1. The summed E-state index contributed by atoms with van der Waals surface area (Å²) in [5, 5.41) is 2.08. The second-order valence-electron chi connectivity index (χ2n) is 7.49. The number of nitrogens with one attached hydrogen (secondary N) is 1. The molecular weight excluding hydrogens is 446 g/mol. The summed E-state index contributed by atoms with van der Waals surface area (Å²) in [4.78, 5) is 18.2. The van der Waals surface area contributed by atoms with Gasteiger partial charge in [-0.2, -0.15) is 0 Å². The highest BCUT2D eigenvalue weighted by atomic mass is 32.2. The minimum Gasteiger partial charge on any atom is -0.468 e. The van der Waals surface area contributed by atoms with Crippen LogP contribution in [-0.2, 0) is 27.9 Å². The van der Waals surface area contributed by atoms with E-state index < -0.39 is 10.0 Å². The van der Waals surface area contributed by atoms with E-state index in [1.807, 2.05) is 4.90 Å². The first-order valence-corrected chi connectivity index (χ1v) is 12.7. The lowest BCUT2D eigenvalue weighted by Crippen LogP contribution is -2.47. The minimum atomic E-state index is -3.64. The molecule has 1 saturated heterocycles. The van der Waals surface area contributed by atoms with Gasteiger partial charge < -0.3 is 9.32 Å². The van der Waals surface area contributed by atoms with E-state index in [1.54, 1.807) is 47.8 Å². The van der Waals surface area contributed by atoms with Crippen molar-refractivity contribution in [3.8, 4) is 0 Å². The largest absolute Gasteiger partial charge is 0.468 e. The first-order chi connectivity index (χ1) is 15.5. The molecule has 1 aromatic carbocycles. The molecular formula is C23H25N3O4S2. The maximum atomic E-state index is 12.5. The van der Waals surface area contributed by atoms with Crippen LogP contribution >= 0.6 is 11.3 Å². The highest BCUT2D eigenvalue weighted by Gasteiger charge is 2.20. The molecule has 2 aromatic heterocycles. The van der Waals surface area contributed by atoms with Crippen molar-refractivity contribution >= 4 is 33.3 Å². The predicted molar refractivity (Wildman–Crippen MR) is 124 cm³/mol. The third-order valence-corrected chi connectivity index (χ3v) is 7.55. The summed E-state index contributed by atoms with van der Waals surface area (Å²) in [6.45, 7) is 4.14. The molecule has 0 radical (unpaired) electrons. The van der Waals surface area contributed by atoms with Gasteiger partial charge in [-0.25, -0.2) is 13.1 Å². The topological polar surface area (TPSA) is 82.9 Å². The Morgan fingerprint density at radius 2 is 1.84 bits per heavy atom. The van der Waals surface area contributed by atoms with Crippen molar-refractivity contribution in [3.63, 3.8) is 0 Å². The molecule has 0 atom stereocenters. The average molecular weight is 472 g/mol. The first-order valence-electron chi connectivity index (χ1n) is 10.3. The molecule has 0 spiro atoms.